The lowest BCUT2D eigenvalue weighted by Crippen LogP contribution is -2.27. The SMILES string of the molecule is CCC(C(=O)O)n1/c(=N/C(=O)c2cccc(Cl)c2)sc2cc(F)ccc21. The molecule has 1 atom stereocenters. The van der Waals surface area contributed by atoms with Gasteiger partial charge in [0, 0.05) is 10.6 Å². The first-order valence-corrected chi connectivity index (χ1v) is 8.98. The Morgan fingerprint density at radius 2 is 2.08 bits per heavy atom. The van der Waals surface area contributed by atoms with Gasteiger partial charge in [-0.2, -0.15) is 4.99 Å². The molecule has 1 N–H and O–H groups in total. The smallest absolute Gasteiger partial charge is 0.326 e. The number of carboxylic acids is 1. The molecule has 1 amide bonds. The van der Waals surface area contributed by atoms with Crippen LogP contribution in [0, 0.1) is 5.82 Å². The largest absolute Gasteiger partial charge is 0.480 e. The quantitative estimate of drug-likeness (QED) is 0.720. The van der Waals surface area contributed by atoms with Gasteiger partial charge in [0.15, 0.2) is 4.80 Å². The van der Waals surface area contributed by atoms with Gasteiger partial charge in [0.05, 0.1) is 10.2 Å². The average molecular weight is 393 g/mol. The van der Waals surface area contributed by atoms with E-state index in [0.717, 1.165) is 11.3 Å². The zero-order valence-corrected chi connectivity index (χ0v) is 15.2. The lowest BCUT2D eigenvalue weighted by Gasteiger charge is -2.13. The summed E-state index contributed by atoms with van der Waals surface area (Å²) in [5.74, 6) is -2.04. The molecule has 8 heteroatoms. The van der Waals surface area contributed by atoms with Gasteiger partial charge >= 0.3 is 5.97 Å². The molecule has 0 aliphatic rings. The fourth-order valence-electron chi connectivity index (χ4n) is 2.64. The number of carboxylic acid groups (broad SMARTS) is 1. The lowest BCUT2D eigenvalue weighted by molar-refractivity contribution is -0.140. The Kier molecular flexibility index (Phi) is 5.20. The molecule has 1 unspecified atom stereocenters. The number of aromatic nitrogens is 1. The van der Waals surface area contributed by atoms with Crippen molar-refractivity contribution in [2.75, 3.05) is 0 Å². The second kappa shape index (κ2) is 7.39. The number of hydrogen-bond acceptors (Lipinski definition) is 3. The van der Waals surface area contributed by atoms with Crippen molar-refractivity contribution in [1.29, 1.82) is 0 Å². The van der Waals surface area contributed by atoms with Crippen molar-refractivity contribution in [2.45, 2.75) is 19.4 Å². The van der Waals surface area contributed by atoms with E-state index in [1.807, 2.05) is 0 Å². The minimum atomic E-state index is -1.05. The van der Waals surface area contributed by atoms with E-state index in [0.29, 0.717) is 15.2 Å². The monoisotopic (exact) mass is 392 g/mol. The standard InChI is InChI=1S/C18H14ClFN2O3S/c1-2-13(17(24)25)22-14-7-6-12(20)9-15(14)26-18(22)21-16(23)10-4-3-5-11(19)8-10/h3-9,13H,2H2,1H3,(H,24,25)/b21-18-. The maximum atomic E-state index is 13.6. The number of fused-ring (bicyclic) bond motifs is 1. The summed E-state index contributed by atoms with van der Waals surface area (Å²) in [6.45, 7) is 1.72. The summed E-state index contributed by atoms with van der Waals surface area (Å²) in [6.07, 6.45) is 0.289. The number of amides is 1. The van der Waals surface area contributed by atoms with Gasteiger partial charge in [-0.05, 0) is 42.8 Å². The highest BCUT2D eigenvalue weighted by Crippen LogP contribution is 2.24. The van der Waals surface area contributed by atoms with Crippen LogP contribution in [0.1, 0.15) is 29.7 Å². The van der Waals surface area contributed by atoms with Crippen molar-refractivity contribution >= 4 is 45.0 Å². The number of carbonyl (C=O) groups excluding carboxylic acids is 1. The zero-order valence-electron chi connectivity index (χ0n) is 13.6. The molecule has 2 aromatic carbocycles. The molecule has 0 fully saturated rings. The number of carbonyl (C=O) groups is 2. The third kappa shape index (κ3) is 3.54. The molecule has 0 saturated heterocycles. The highest BCUT2D eigenvalue weighted by atomic mass is 35.5. The van der Waals surface area contributed by atoms with E-state index >= 15 is 0 Å². The lowest BCUT2D eigenvalue weighted by atomic mass is 10.2. The average Bonchev–Trinajstić information content (AvgIpc) is 2.92. The van der Waals surface area contributed by atoms with Crippen molar-refractivity contribution in [3.63, 3.8) is 0 Å². The number of nitrogens with zero attached hydrogens (tertiary/aromatic N) is 2. The topological polar surface area (TPSA) is 71.7 Å². The molecule has 0 saturated carbocycles. The van der Waals surface area contributed by atoms with Crippen LogP contribution >= 0.6 is 22.9 Å². The number of thiazole rings is 1. The van der Waals surface area contributed by atoms with Crippen LogP contribution in [0.15, 0.2) is 47.5 Å². The summed E-state index contributed by atoms with van der Waals surface area (Å²) in [7, 11) is 0. The number of benzene rings is 2. The normalized spacial score (nSPS) is 13.1. The predicted octanol–water partition coefficient (Wildman–Crippen LogP) is 4.27. The maximum absolute atomic E-state index is 13.6. The van der Waals surface area contributed by atoms with E-state index in [1.165, 1.54) is 28.8 Å². The molecule has 0 spiro atoms. The predicted molar refractivity (Wildman–Crippen MR) is 98.1 cm³/mol. The zero-order chi connectivity index (χ0) is 18.8. The molecule has 0 aliphatic heterocycles. The Bertz CT molecular complexity index is 1070. The van der Waals surface area contributed by atoms with Crippen LogP contribution in [0.5, 0.6) is 0 Å². The van der Waals surface area contributed by atoms with E-state index < -0.39 is 23.7 Å². The molecule has 1 heterocycles. The highest BCUT2D eigenvalue weighted by molar-refractivity contribution is 7.16. The van der Waals surface area contributed by atoms with Crippen LogP contribution in [-0.4, -0.2) is 21.6 Å². The van der Waals surface area contributed by atoms with Crippen molar-refractivity contribution in [2.24, 2.45) is 4.99 Å². The first kappa shape index (κ1) is 18.3. The molecule has 0 aliphatic carbocycles. The van der Waals surface area contributed by atoms with Gasteiger partial charge in [-0.1, -0.05) is 35.9 Å². The van der Waals surface area contributed by atoms with Crippen LogP contribution in [0.3, 0.4) is 0 Å². The Hall–Kier alpha value is -2.51. The van der Waals surface area contributed by atoms with E-state index in [-0.39, 0.29) is 16.8 Å². The molecule has 3 aromatic rings. The molecule has 5 nitrogen and oxygen atoms in total. The second-order valence-electron chi connectivity index (χ2n) is 5.56. The summed E-state index contributed by atoms with van der Waals surface area (Å²) in [4.78, 5) is 28.4. The van der Waals surface area contributed by atoms with Gasteiger partial charge in [-0.15, -0.1) is 0 Å². The van der Waals surface area contributed by atoms with Gasteiger partial charge in [0.2, 0.25) is 0 Å². The van der Waals surface area contributed by atoms with Crippen LogP contribution < -0.4 is 4.80 Å². The van der Waals surface area contributed by atoms with Gasteiger partial charge in [0.25, 0.3) is 5.91 Å². The van der Waals surface area contributed by atoms with Gasteiger partial charge < -0.3 is 9.67 Å². The van der Waals surface area contributed by atoms with E-state index in [9.17, 15) is 19.1 Å². The number of aliphatic carboxylic acids is 1. The van der Waals surface area contributed by atoms with Gasteiger partial charge in [0.1, 0.15) is 11.9 Å². The minimum absolute atomic E-state index is 0.199. The van der Waals surface area contributed by atoms with E-state index in [2.05, 4.69) is 4.99 Å². The number of halogens is 2. The van der Waals surface area contributed by atoms with Gasteiger partial charge in [-0.3, -0.25) is 4.79 Å². The molecule has 0 radical (unpaired) electrons. The maximum Gasteiger partial charge on any atom is 0.326 e. The molecule has 0 bridgehead atoms. The Morgan fingerprint density at radius 3 is 2.73 bits per heavy atom. The molecular weight excluding hydrogens is 379 g/mol. The van der Waals surface area contributed by atoms with Crippen molar-refractivity contribution in [1.82, 2.24) is 4.57 Å². The summed E-state index contributed by atoms with van der Waals surface area (Å²) in [6, 6.07) is 9.46. The minimum Gasteiger partial charge on any atom is -0.480 e. The highest BCUT2D eigenvalue weighted by Gasteiger charge is 2.22. The van der Waals surface area contributed by atoms with Crippen molar-refractivity contribution in [3.8, 4) is 0 Å². The van der Waals surface area contributed by atoms with Crippen molar-refractivity contribution < 1.29 is 19.1 Å². The van der Waals surface area contributed by atoms with Crippen LogP contribution in [0.25, 0.3) is 10.2 Å². The summed E-state index contributed by atoms with van der Waals surface area (Å²) < 4.78 is 15.5. The number of rotatable bonds is 4. The summed E-state index contributed by atoms with van der Waals surface area (Å²) >= 11 is 6.97. The van der Waals surface area contributed by atoms with E-state index in [4.69, 9.17) is 11.6 Å². The molecule has 134 valence electrons. The Morgan fingerprint density at radius 1 is 1.31 bits per heavy atom. The Labute approximate surface area is 157 Å². The Balaban J connectivity index is 2.24. The van der Waals surface area contributed by atoms with Crippen LogP contribution in [-0.2, 0) is 4.79 Å². The summed E-state index contributed by atoms with van der Waals surface area (Å²) in [5.41, 5.74) is 0.805. The molecule has 1 aromatic heterocycles. The van der Waals surface area contributed by atoms with Crippen LogP contribution in [0.2, 0.25) is 5.02 Å². The number of hydrogen-bond donors (Lipinski definition) is 1. The summed E-state index contributed by atoms with van der Waals surface area (Å²) in [5, 5.41) is 9.93. The molecule has 26 heavy (non-hydrogen) atoms. The third-order valence-electron chi connectivity index (χ3n) is 3.84. The molecule has 3 rings (SSSR count). The van der Waals surface area contributed by atoms with Crippen LogP contribution in [0.4, 0.5) is 4.39 Å². The first-order chi connectivity index (χ1) is 12.4. The molecular formula is C18H14ClFN2O3S. The van der Waals surface area contributed by atoms with Crippen molar-refractivity contribution in [3.05, 3.63) is 63.7 Å². The fraction of sp³-hybridized carbons (Fsp3) is 0.167. The second-order valence-corrected chi connectivity index (χ2v) is 7.00. The third-order valence-corrected chi connectivity index (χ3v) is 5.09. The van der Waals surface area contributed by atoms with Gasteiger partial charge in [-0.25, -0.2) is 9.18 Å². The fourth-order valence-corrected chi connectivity index (χ4v) is 3.92. The van der Waals surface area contributed by atoms with E-state index in [1.54, 1.807) is 25.1 Å². The first-order valence-electron chi connectivity index (χ1n) is 7.78.